The summed E-state index contributed by atoms with van der Waals surface area (Å²) in [5.41, 5.74) is 1.53. The van der Waals surface area contributed by atoms with Crippen LogP contribution in [0.5, 0.6) is 11.5 Å². The van der Waals surface area contributed by atoms with E-state index in [0.29, 0.717) is 59.6 Å². The SMILES string of the molecule is O=C(Nc1ccc2c(c1)OCCO2)c1ccc(Cl)cc1N1CCCC1=O. The summed E-state index contributed by atoms with van der Waals surface area (Å²) < 4.78 is 11.0. The Morgan fingerprint density at radius 3 is 2.65 bits per heavy atom. The number of fused-ring (bicyclic) bond motifs is 1. The van der Waals surface area contributed by atoms with E-state index in [9.17, 15) is 9.59 Å². The van der Waals surface area contributed by atoms with E-state index in [-0.39, 0.29) is 11.8 Å². The summed E-state index contributed by atoms with van der Waals surface area (Å²) in [6, 6.07) is 10.2. The van der Waals surface area contributed by atoms with Crippen LogP contribution in [0.4, 0.5) is 11.4 Å². The lowest BCUT2D eigenvalue weighted by atomic mass is 10.1. The van der Waals surface area contributed by atoms with Crippen LogP contribution in [0, 0.1) is 0 Å². The molecule has 7 heteroatoms. The van der Waals surface area contributed by atoms with E-state index >= 15 is 0 Å². The van der Waals surface area contributed by atoms with E-state index in [2.05, 4.69) is 5.32 Å². The van der Waals surface area contributed by atoms with Gasteiger partial charge in [-0.2, -0.15) is 0 Å². The van der Waals surface area contributed by atoms with Crippen molar-refractivity contribution in [1.82, 2.24) is 0 Å². The molecule has 1 N–H and O–H groups in total. The molecule has 0 aliphatic carbocycles. The highest BCUT2D eigenvalue weighted by molar-refractivity contribution is 6.31. The van der Waals surface area contributed by atoms with Crippen LogP contribution in [0.1, 0.15) is 23.2 Å². The summed E-state index contributed by atoms with van der Waals surface area (Å²) in [5, 5.41) is 3.33. The van der Waals surface area contributed by atoms with Crippen molar-refractivity contribution >= 4 is 34.8 Å². The molecule has 0 spiro atoms. The van der Waals surface area contributed by atoms with Crippen LogP contribution in [0.3, 0.4) is 0 Å². The lowest BCUT2D eigenvalue weighted by Gasteiger charge is -2.21. The van der Waals surface area contributed by atoms with Gasteiger partial charge in [-0.05, 0) is 36.8 Å². The molecule has 0 saturated carbocycles. The summed E-state index contributed by atoms with van der Waals surface area (Å²) in [5.74, 6) is 0.942. The predicted molar refractivity (Wildman–Crippen MR) is 98.4 cm³/mol. The van der Waals surface area contributed by atoms with Crippen LogP contribution in [0.25, 0.3) is 0 Å². The molecule has 2 aromatic rings. The fraction of sp³-hybridized carbons (Fsp3) is 0.263. The van der Waals surface area contributed by atoms with E-state index in [4.69, 9.17) is 21.1 Å². The fourth-order valence-electron chi connectivity index (χ4n) is 3.14. The molecule has 2 aliphatic rings. The van der Waals surface area contributed by atoms with Crippen LogP contribution in [0.15, 0.2) is 36.4 Å². The molecule has 0 unspecified atom stereocenters. The van der Waals surface area contributed by atoms with Gasteiger partial charge in [-0.3, -0.25) is 9.59 Å². The van der Waals surface area contributed by atoms with Gasteiger partial charge in [-0.25, -0.2) is 0 Å². The molecule has 0 radical (unpaired) electrons. The van der Waals surface area contributed by atoms with Gasteiger partial charge in [0.2, 0.25) is 5.91 Å². The summed E-state index contributed by atoms with van der Waals surface area (Å²) in [7, 11) is 0. The van der Waals surface area contributed by atoms with E-state index in [1.807, 2.05) is 0 Å². The molecule has 0 atom stereocenters. The molecular formula is C19H17ClN2O4. The standard InChI is InChI=1S/C19H17ClN2O4/c20-12-3-5-14(15(10-12)22-7-1-2-18(22)23)19(24)21-13-4-6-16-17(11-13)26-9-8-25-16/h3-6,10-11H,1-2,7-9H2,(H,21,24). The number of carbonyl (C=O) groups excluding carboxylic acids is 2. The van der Waals surface area contributed by atoms with Gasteiger partial charge in [-0.1, -0.05) is 11.6 Å². The first kappa shape index (κ1) is 16.7. The molecule has 2 amide bonds. The third kappa shape index (κ3) is 3.20. The minimum Gasteiger partial charge on any atom is -0.486 e. The minimum atomic E-state index is -0.312. The Morgan fingerprint density at radius 1 is 1.08 bits per heavy atom. The van der Waals surface area contributed by atoms with Crippen LogP contribution in [0.2, 0.25) is 5.02 Å². The number of nitrogens with zero attached hydrogens (tertiary/aromatic N) is 1. The lowest BCUT2D eigenvalue weighted by Crippen LogP contribution is -2.27. The summed E-state index contributed by atoms with van der Waals surface area (Å²) >= 11 is 6.09. The zero-order valence-corrected chi connectivity index (χ0v) is 14.7. The maximum Gasteiger partial charge on any atom is 0.257 e. The Bertz CT molecular complexity index is 884. The van der Waals surface area contributed by atoms with Crippen LogP contribution >= 0.6 is 11.6 Å². The molecule has 2 heterocycles. The Labute approximate surface area is 155 Å². The van der Waals surface area contributed by atoms with Crippen molar-refractivity contribution in [3.63, 3.8) is 0 Å². The molecule has 26 heavy (non-hydrogen) atoms. The predicted octanol–water partition coefficient (Wildman–Crippen LogP) is 3.49. The zero-order valence-electron chi connectivity index (χ0n) is 14.0. The van der Waals surface area contributed by atoms with Crippen LogP contribution in [-0.4, -0.2) is 31.6 Å². The first-order valence-corrected chi connectivity index (χ1v) is 8.80. The number of halogens is 1. The molecule has 4 rings (SSSR count). The van der Waals surface area contributed by atoms with E-state index < -0.39 is 0 Å². The molecule has 1 saturated heterocycles. The number of benzene rings is 2. The average molecular weight is 373 g/mol. The molecule has 0 aromatic heterocycles. The van der Waals surface area contributed by atoms with Crippen LogP contribution < -0.4 is 19.7 Å². The number of hydrogen-bond acceptors (Lipinski definition) is 4. The van der Waals surface area contributed by atoms with Gasteiger partial charge in [0, 0.05) is 29.7 Å². The van der Waals surface area contributed by atoms with Crippen molar-refractivity contribution < 1.29 is 19.1 Å². The third-order valence-electron chi connectivity index (χ3n) is 4.37. The minimum absolute atomic E-state index is 0.000598. The topological polar surface area (TPSA) is 67.9 Å². The normalized spacial score (nSPS) is 15.9. The van der Waals surface area contributed by atoms with Crippen molar-refractivity contribution in [2.75, 3.05) is 30.0 Å². The quantitative estimate of drug-likeness (QED) is 0.895. The van der Waals surface area contributed by atoms with Crippen LogP contribution in [-0.2, 0) is 4.79 Å². The van der Waals surface area contributed by atoms with Crippen molar-refractivity contribution in [1.29, 1.82) is 0 Å². The monoisotopic (exact) mass is 372 g/mol. The van der Waals surface area contributed by atoms with Crippen molar-refractivity contribution in [3.8, 4) is 11.5 Å². The molecule has 6 nitrogen and oxygen atoms in total. The number of anilines is 2. The molecule has 0 bridgehead atoms. The number of amides is 2. The maximum absolute atomic E-state index is 12.8. The number of ether oxygens (including phenoxy) is 2. The van der Waals surface area contributed by atoms with Gasteiger partial charge in [-0.15, -0.1) is 0 Å². The highest BCUT2D eigenvalue weighted by Crippen LogP contribution is 2.33. The summed E-state index contributed by atoms with van der Waals surface area (Å²) in [6.07, 6.45) is 1.25. The fourth-order valence-corrected chi connectivity index (χ4v) is 3.31. The van der Waals surface area contributed by atoms with Gasteiger partial charge < -0.3 is 19.7 Å². The van der Waals surface area contributed by atoms with Gasteiger partial charge in [0.05, 0.1) is 11.3 Å². The molecule has 2 aromatic carbocycles. The Hall–Kier alpha value is -2.73. The first-order valence-electron chi connectivity index (χ1n) is 8.43. The van der Waals surface area contributed by atoms with Crippen molar-refractivity contribution in [3.05, 3.63) is 47.0 Å². The smallest absolute Gasteiger partial charge is 0.257 e. The Balaban J connectivity index is 1.61. The van der Waals surface area contributed by atoms with E-state index in [0.717, 1.165) is 6.42 Å². The molecular weight excluding hydrogens is 356 g/mol. The maximum atomic E-state index is 12.8. The number of hydrogen-bond donors (Lipinski definition) is 1. The third-order valence-corrected chi connectivity index (χ3v) is 4.60. The van der Waals surface area contributed by atoms with Gasteiger partial charge in [0.1, 0.15) is 13.2 Å². The molecule has 134 valence electrons. The highest BCUT2D eigenvalue weighted by atomic mass is 35.5. The van der Waals surface area contributed by atoms with Gasteiger partial charge >= 0.3 is 0 Å². The van der Waals surface area contributed by atoms with Crippen molar-refractivity contribution in [2.45, 2.75) is 12.8 Å². The number of carbonyl (C=O) groups is 2. The second-order valence-corrected chi connectivity index (χ2v) is 6.56. The summed E-state index contributed by atoms with van der Waals surface area (Å²) in [4.78, 5) is 26.5. The molecule has 2 aliphatic heterocycles. The largest absolute Gasteiger partial charge is 0.486 e. The second-order valence-electron chi connectivity index (χ2n) is 6.12. The Kier molecular flexibility index (Phi) is 4.42. The van der Waals surface area contributed by atoms with Gasteiger partial charge in [0.25, 0.3) is 5.91 Å². The first-order chi connectivity index (χ1) is 12.6. The Morgan fingerprint density at radius 2 is 1.88 bits per heavy atom. The van der Waals surface area contributed by atoms with E-state index in [1.165, 1.54) is 0 Å². The van der Waals surface area contributed by atoms with Crippen molar-refractivity contribution in [2.24, 2.45) is 0 Å². The number of rotatable bonds is 3. The van der Waals surface area contributed by atoms with E-state index in [1.54, 1.807) is 41.3 Å². The van der Waals surface area contributed by atoms with Gasteiger partial charge in [0.15, 0.2) is 11.5 Å². The summed E-state index contributed by atoms with van der Waals surface area (Å²) in [6.45, 7) is 1.57. The zero-order chi connectivity index (χ0) is 18.1. The number of nitrogens with one attached hydrogen (secondary N) is 1. The highest BCUT2D eigenvalue weighted by Gasteiger charge is 2.26. The lowest BCUT2D eigenvalue weighted by molar-refractivity contribution is -0.117. The average Bonchev–Trinajstić information content (AvgIpc) is 3.07. The molecule has 1 fully saturated rings. The second kappa shape index (κ2) is 6.88.